The third-order valence-corrected chi connectivity index (χ3v) is 5.67. The molecule has 0 bridgehead atoms. The zero-order valence-corrected chi connectivity index (χ0v) is 16.1. The van der Waals surface area contributed by atoms with Crippen LogP contribution in [0.3, 0.4) is 0 Å². The van der Waals surface area contributed by atoms with Crippen molar-refractivity contribution in [1.82, 2.24) is 19.2 Å². The highest BCUT2D eigenvalue weighted by Crippen LogP contribution is 2.26. The predicted molar refractivity (Wildman–Crippen MR) is 101 cm³/mol. The summed E-state index contributed by atoms with van der Waals surface area (Å²) in [7, 11) is 3.90. The molecule has 7 heteroatoms. The van der Waals surface area contributed by atoms with Crippen LogP contribution in [-0.4, -0.2) is 52.5 Å². The molecule has 1 fully saturated rings. The number of aromatic nitrogens is 3. The standard InChI is InChI=1S/C18H27N5OS/c1-14(24-3)17-20-18(25-21-17)23-11-6-8-16(9-12-23)22(2)13-15-7-4-5-10-19-15/h4-5,7,10,14,16H,6,8-9,11-13H2,1-3H3. The molecule has 6 nitrogen and oxygen atoms in total. The van der Waals surface area contributed by atoms with Gasteiger partial charge >= 0.3 is 0 Å². The van der Waals surface area contributed by atoms with E-state index in [2.05, 4.69) is 43.3 Å². The lowest BCUT2D eigenvalue weighted by molar-refractivity contribution is 0.113. The smallest absolute Gasteiger partial charge is 0.205 e. The van der Waals surface area contributed by atoms with Gasteiger partial charge in [0, 0.05) is 50.5 Å². The van der Waals surface area contributed by atoms with Gasteiger partial charge in [-0.2, -0.15) is 4.37 Å². The second-order valence-corrected chi connectivity index (χ2v) is 7.35. The fourth-order valence-electron chi connectivity index (χ4n) is 3.21. The van der Waals surface area contributed by atoms with Crippen molar-refractivity contribution < 1.29 is 4.74 Å². The average Bonchev–Trinajstić information content (AvgIpc) is 2.99. The summed E-state index contributed by atoms with van der Waals surface area (Å²) in [5.74, 6) is 0.788. The Hall–Kier alpha value is -1.57. The summed E-state index contributed by atoms with van der Waals surface area (Å²) < 4.78 is 9.77. The molecule has 0 saturated carbocycles. The number of methoxy groups -OCH3 is 1. The molecule has 0 N–H and O–H groups in total. The monoisotopic (exact) mass is 361 g/mol. The zero-order chi connectivity index (χ0) is 17.6. The molecule has 2 atom stereocenters. The molecule has 0 spiro atoms. The van der Waals surface area contributed by atoms with Crippen molar-refractivity contribution in [2.75, 3.05) is 32.1 Å². The number of anilines is 1. The van der Waals surface area contributed by atoms with E-state index in [0.717, 1.165) is 42.7 Å². The number of nitrogens with zero attached hydrogens (tertiary/aromatic N) is 5. The van der Waals surface area contributed by atoms with Crippen molar-refractivity contribution in [2.45, 2.75) is 44.9 Å². The summed E-state index contributed by atoms with van der Waals surface area (Å²) in [6.45, 7) is 4.95. The number of ether oxygens (including phenoxy) is 1. The maximum atomic E-state index is 5.32. The molecule has 3 heterocycles. The van der Waals surface area contributed by atoms with Crippen molar-refractivity contribution in [3.8, 4) is 0 Å². The van der Waals surface area contributed by atoms with Gasteiger partial charge in [0.1, 0.15) is 6.10 Å². The Morgan fingerprint density at radius 2 is 2.24 bits per heavy atom. The average molecular weight is 362 g/mol. The predicted octanol–water partition coefficient (Wildman–Crippen LogP) is 3.13. The van der Waals surface area contributed by atoms with E-state index in [-0.39, 0.29) is 6.10 Å². The molecule has 0 radical (unpaired) electrons. The van der Waals surface area contributed by atoms with Crippen LogP contribution in [0.15, 0.2) is 24.4 Å². The van der Waals surface area contributed by atoms with Crippen molar-refractivity contribution in [2.24, 2.45) is 0 Å². The van der Waals surface area contributed by atoms with Gasteiger partial charge in [0.25, 0.3) is 0 Å². The maximum Gasteiger partial charge on any atom is 0.205 e. The molecule has 1 saturated heterocycles. The van der Waals surface area contributed by atoms with Crippen LogP contribution >= 0.6 is 11.5 Å². The van der Waals surface area contributed by atoms with Gasteiger partial charge in [0.05, 0.1) is 5.69 Å². The van der Waals surface area contributed by atoms with Crippen LogP contribution in [0, 0.1) is 0 Å². The van der Waals surface area contributed by atoms with E-state index in [9.17, 15) is 0 Å². The Morgan fingerprint density at radius 1 is 1.36 bits per heavy atom. The van der Waals surface area contributed by atoms with Gasteiger partial charge < -0.3 is 9.64 Å². The largest absolute Gasteiger partial charge is 0.374 e. The van der Waals surface area contributed by atoms with Gasteiger partial charge in [-0.05, 0) is 45.4 Å². The van der Waals surface area contributed by atoms with Gasteiger partial charge in [-0.1, -0.05) is 6.07 Å². The number of pyridine rings is 1. The third kappa shape index (κ3) is 4.74. The SMILES string of the molecule is COC(C)c1nsc(N2CCCC(N(C)Cc3ccccn3)CC2)n1. The first-order valence-corrected chi connectivity index (χ1v) is 9.66. The second kappa shape index (κ2) is 8.69. The van der Waals surface area contributed by atoms with Crippen molar-refractivity contribution in [3.63, 3.8) is 0 Å². The topological polar surface area (TPSA) is 54.4 Å². The molecular weight excluding hydrogens is 334 g/mol. The molecule has 1 aliphatic heterocycles. The summed E-state index contributed by atoms with van der Waals surface area (Å²) in [6, 6.07) is 6.70. The van der Waals surface area contributed by atoms with E-state index in [1.54, 1.807) is 7.11 Å². The molecular formula is C18H27N5OS. The van der Waals surface area contributed by atoms with Crippen LogP contribution in [-0.2, 0) is 11.3 Å². The highest BCUT2D eigenvalue weighted by Gasteiger charge is 2.23. The molecule has 2 aromatic heterocycles. The number of hydrogen-bond donors (Lipinski definition) is 0. The van der Waals surface area contributed by atoms with Gasteiger partial charge in [0.2, 0.25) is 5.13 Å². The van der Waals surface area contributed by atoms with Gasteiger partial charge in [-0.3, -0.25) is 9.88 Å². The van der Waals surface area contributed by atoms with Crippen molar-refractivity contribution >= 4 is 16.7 Å². The van der Waals surface area contributed by atoms with Crippen molar-refractivity contribution in [1.29, 1.82) is 0 Å². The van der Waals surface area contributed by atoms with Crippen LogP contribution in [0.2, 0.25) is 0 Å². The van der Waals surface area contributed by atoms with Crippen molar-refractivity contribution in [3.05, 3.63) is 35.9 Å². The minimum Gasteiger partial charge on any atom is -0.374 e. The zero-order valence-electron chi connectivity index (χ0n) is 15.3. The summed E-state index contributed by atoms with van der Waals surface area (Å²) in [5.41, 5.74) is 1.13. The van der Waals surface area contributed by atoms with Crippen LogP contribution in [0.25, 0.3) is 0 Å². The molecule has 1 aliphatic rings. The van der Waals surface area contributed by atoms with E-state index in [4.69, 9.17) is 4.74 Å². The van der Waals surface area contributed by atoms with Crippen LogP contribution in [0.5, 0.6) is 0 Å². The van der Waals surface area contributed by atoms with Gasteiger partial charge in [0.15, 0.2) is 5.82 Å². The Kier molecular flexibility index (Phi) is 6.34. The fraction of sp³-hybridized carbons (Fsp3) is 0.611. The third-order valence-electron chi connectivity index (χ3n) is 4.88. The highest BCUT2D eigenvalue weighted by molar-refractivity contribution is 7.09. The molecule has 0 aromatic carbocycles. The highest BCUT2D eigenvalue weighted by atomic mass is 32.1. The Morgan fingerprint density at radius 3 is 3.00 bits per heavy atom. The lowest BCUT2D eigenvalue weighted by atomic mass is 10.1. The minimum atomic E-state index is -0.0470. The molecule has 0 amide bonds. The molecule has 25 heavy (non-hydrogen) atoms. The second-order valence-electron chi connectivity index (χ2n) is 6.62. The number of hydrogen-bond acceptors (Lipinski definition) is 7. The van der Waals surface area contributed by atoms with E-state index in [0.29, 0.717) is 6.04 Å². The Bertz CT molecular complexity index is 650. The molecule has 2 unspecified atom stereocenters. The first-order chi connectivity index (χ1) is 12.2. The minimum absolute atomic E-state index is 0.0470. The summed E-state index contributed by atoms with van der Waals surface area (Å²) >= 11 is 1.48. The first kappa shape index (κ1) is 18.2. The summed E-state index contributed by atoms with van der Waals surface area (Å²) in [5, 5.41) is 1.02. The maximum absolute atomic E-state index is 5.32. The lowest BCUT2D eigenvalue weighted by Gasteiger charge is -2.26. The van der Waals surface area contributed by atoms with E-state index >= 15 is 0 Å². The van der Waals surface area contributed by atoms with E-state index in [1.807, 2.05) is 19.2 Å². The Labute approximate surface area is 154 Å². The van der Waals surface area contributed by atoms with E-state index in [1.165, 1.54) is 24.4 Å². The summed E-state index contributed by atoms with van der Waals surface area (Å²) in [4.78, 5) is 13.9. The van der Waals surface area contributed by atoms with Crippen LogP contribution in [0.1, 0.15) is 43.8 Å². The van der Waals surface area contributed by atoms with Crippen LogP contribution < -0.4 is 4.90 Å². The fourth-order valence-corrected chi connectivity index (χ4v) is 4.01. The molecule has 3 rings (SSSR count). The molecule has 136 valence electrons. The normalized spacial score (nSPS) is 19.8. The summed E-state index contributed by atoms with van der Waals surface area (Å²) in [6.07, 6.45) is 5.34. The number of rotatable bonds is 6. The quantitative estimate of drug-likeness (QED) is 0.788. The van der Waals surface area contributed by atoms with Gasteiger partial charge in [-0.15, -0.1) is 0 Å². The molecule has 0 aliphatic carbocycles. The Balaban J connectivity index is 1.57. The molecule has 2 aromatic rings. The van der Waals surface area contributed by atoms with Crippen LogP contribution in [0.4, 0.5) is 5.13 Å². The van der Waals surface area contributed by atoms with Gasteiger partial charge in [-0.25, -0.2) is 4.98 Å². The lowest BCUT2D eigenvalue weighted by Crippen LogP contribution is -2.33. The first-order valence-electron chi connectivity index (χ1n) is 8.89. The van der Waals surface area contributed by atoms with E-state index < -0.39 is 0 Å².